The summed E-state index contributed by atoms with van der Waals surface area (Å²) in [6.07, 6.45) is 0. The fraction of sp³-hybridized carbons (Fsp3) is 0.263. The number of hydrogen-bond acceptors (Lipinski definition) is 6. The van der Waals surface area contributed by atoms with E-state index >= 15 is 0 Å². The lowest BCUT2D eigenvalue weighted by molar-refractivity contribution is -0.384. The summed E-state index contributed by atoms with van der Waals surface area (Å²) in [6.45, 7) is 1.50. The number of non-ortho nitro benzene ring substituents is 1. The maximum absolute atomic E-state index is 12.5. The van der Waals surface area contributed by atoms with Gasteiger partial charge >= 0.3 is 0 Å². The predicted molar refractivity (Wildman–Crippen MR) is 108 cm³/mol. The molecule has 0 saturated heterocycles. The van der Waals surface area contributed by atoms with Gasteiger partial charge in [-0.3, -0.25) is 19.7 Å². The lowest BCUT2D eigenvalue weighted by Gasteiger charge is -2.12. The minimum atomic E-state index is -0.605. The van der Waals surface area contributed by atoms with E-state index < -0.39 is 10.8 Å². The number of halogens is 1. The molecule has 29 heavy (non-hydrogen) atoms. The zero-order valence-electron chi connectivity index (χ0n) is 15.6. The van der Waals surface area contributed by atoms with E-state index in [4.69, 9.17) is 21.1 Å². The van der Waals surface area contributed by atoms with Crippen LogP contribution >= 0.6 is 11.6 Å². The molecular formula is C19H20ClN3O6. The molecule has 2 N–H and O–H groups in total. The monoisotopic (exact) mass is 421 g/mol. The Labute approximate surface area is 172 Å². The Balaban J connectivity index is 2.04. The third kappa shape index (κ3) is 6.53. The van der Waals surface area contributed by atoms with Gasteiger partial charge in [-0.15, -0.1) is 0 Å². The molecule has 2 aromatic rings. The predicted octanol–water partition coefficient (Wildman–Crippen LogP) is 2.89. The second-order valence-electron chi connectivity index (χ2n) is 5.78. The van der Waals surface area contributed by atoms with Crippen molar-refractivity contribution in [1.82, 2.24) is 5.32 Å². The van der Waals surface area contributed by atoms with Gasteiger partial charge in [0.1, 0.15) is 0 Å². The van der Waals surface area contributed by atoms with Crippen LogP contribution in [0.15, 0.2) is 42.5 Å². The Morgan fingerprint density at radius 3 is 2.52 bits per heavy atom. The molecule has 10 heteroatoms. The third-order valence-corrected chi connectivity index (χ3v) is 4.10. The Kier molecular flexibility index (Phi) is 8.53. The van der Waals surface area contributed by atoms with E-state index in [0.717, 1.165) is 6.07 Å². The summed E-state index contributed by atoms with van der Waals surface area (Å²) in [5.41, 5.74) is 0.374. The highest BCUT2D eigenvalue weighted by molar-refractivity contribution is 6.34. The van der Waals surface area contributed by atoms with E-state index in [9.17, 15) is 19.7 Å². The number of nitro benzene ring substituents is 1. The van der Waals surface area contributed by atoms with Crippen LogP contribution in [0.5, 0.6) is 0 Å². The Hall–Kier alpha value is -3.01. The number of anilines is 1. The number of amides is 2. The molecule has 0 fully saturated rings. The summed E-state index contributed by atoms with van der Waals surface area (Å²) < 4.78 is 10.1. The van der Waals surface area contributed by atoms with Gasteiger partial charge in [-0.1, -0.05) is 23.7 Å². The second-order valence-corrected chi connectivity index (χ2v) is 6.19. The van der Waals surface area contributed by atoms with Crippen LogP contribution < -0.4 is 10.6 Å². The second kappa shape index (κ2) is 11.1. The lowest BCUT2D eigenvalue weighted by atomic mass is 10.1. The van der Waals surface area contributed by atoms with Crippen LogP contribution in [0.25, 0.3) is 0 Å². The van der Waals surface area contributed by atoms with Crippen LogP contribution in [0, 0.1) is 10.1 Å². The third-order valence-electron chi connectivity index (χ3n) is 3.79. The number of nitrogens with one attached hydrogen (secondary N) is 2. The van der Waals surface area contributed by atoms with Crippen molar-refractivity contribution in [3.05, 3.63) is 68.7 Å². The van der Waals surface area contributed by atoms with Crippen LogP contribution in [0.1, 0.15) is 20.7 Å². The molecule has 0 aliphatic heterocycles. The van der Waals surface area contributed by atoms with Crippen molar-refractivity contribution in [3.63, 3.8) is 0 Å². The highest BCUT2D eigenvalue weighted by atomic mass is 35.5. The van der Waals surface area contributed by atoms with Gasteiger partial charge in [0, 0.05) is 25.8 Å². The van der Waals surface area contributed by atoms with Crippen molar-refractivity contribution < 1.29 is 24.0 Å². The number of methoxy groups -OCH3 is 1. The van der Waals surface area contributed by atoms with Gasteiger partial charge in [0.25, 0.3) is 17.5 Å². The average Bonchev–Trinajstić information content (AvgIpc) is 2.70. The van der Waals surface area contributed by atoms with E-state index in [1.807, 2.05) is 0 Å². The summed E-state index contributed by atoms with van der Waals surface area (Å²) in [5, 5.41) is 16.0. The van der Waals surface area contributed by atoms with Crippen molar-refractivity contribution in [3.8, 4) is 0 Å². The fourth-order valence-corrected chi connectivity index (χ4v) is 2.62. The summed E-state index contributed by atoms with van der Waals surface area (Å²) in [7, 11) is 1.57. The number of hydrogen-bond donors (Lipinski definition) is 2. The number of nitro groups is 1. The highest BCUT2D eigenvalue weighted by Gasteiger charge is 2.17. The number of para-hydroxylation sites is 1. The summed E-state index contributed by atoms with van der Waals surface area (Å²) in [4.78, 5) is 35.1. The summed E-state index contributed by atoms with van der Waals surface area (Å²) in [5.74, 6) is -0.973. The first kappa shape index (κ1) is 22.3. The number of rotatable bonds is 10. The summed E-state index contributed by atoms with van der Waals surface area (Å²) in [6, 6.07) is 10.0. The number of carbonyl (C=O) groups is 2. The molecule has 2 amide bonds. The van der Waals surface area contributed by atoms with Crippen molar-refractivity contribution in [2.75, 3.05) is 38.8 Å². The number of benzene rings is 2. The van der Waals surface area contributed by atoms with Crippen LogP contribution in [0.3, 0.4) is 0 Å². The average molecular weight is 422 g/mol. The Morgan fingerprint density at radius 1 is 1.07 bits per heavy atom. The van der Waals surface area contributed by atoms with Gasteiger partial charge in [-0.05, 0) is 18.2 Å². The molecule has 154 valence electrons. The molecule has 0 spiro atoms. The van der Waals surface area contributed by atoms with E-state index in [-0.39, 0.29) is 33.4 Å². The topological polar surface area (TPSA) is 120 Å². The molecule has 0 heterocycles. The largest absolute Gasteiger partial charge is 0.382 e. The van der Waals surface area contributed by atoms with Gasteiger partial charge < -0.3 is 20.1 Å². The molecule has 0 radical (unpaired) electrons. The molecule has 0 bridgehead atoms. The molecule has 2 rings (SSSR count). The van der Waals surface area contributed by atoms with Crippen molar-refractivity contribution in [1.29, 1.82) is 0 Å². The number of ether oxygens (including phenoxy) is 2. The summed E-state index contributed by atoms with van der Waals surface area (Å²) >= 11 is 5.99. The molecule has 0 atom stereocenters. The quantitative estimate of drug-likeness (QED) is 0.346. The SMILES string of the molecule is COCCOCCNC(=O)c1ccccc1NC(=O)c1ccc([N+](=O)[O-])cc1Cl. The zero-order valence-corrected chi connectivity index (χ0v) is 16.4. The molecule has 0 aliphatic rings. The maximum Gasteiger partial charge on any atom is 0.270 e. The number of nitrogens with zero attached hydrogens (tertiary/aromatic N) is 1. The van der Waals surface area contributed by atoms with Gasteiger partial charge in [-0.2, -0.15) is 0 Å². The zero-order chi connectivity index (χ0) is 21.2. The van der Waals surface area contributed by atoms with Gasteiger partial charge in [0.05, 0.1) is 46.6 Å². The first-order valence-electron chi connectivity index (χ1n) is 8.63. The van der Waals surface area contributed by atoms with E-state index in [1.54, 1.807) is 31.4 Å². The smallest absolute Gasteiger partial charge is 0.270 e. The fourth-order valence-electron chi connectivity index (χ4n) is 2.36. The number of carbonyl (C=O) groups excluding carboxylic acids is 2. The van der Waals surface area contributed by atoms with Crippen molar-refractivity contribution in [2.45, 2.75) is 0 Å². The van der Waals surface area contributed by atoms with Crippen LogP contribution in [-0.2, 0) is 9.47 Å². The molecule has 0 unspecified atom stereocenters. The highest BCUT2D eigenvalue weighted by Crippen LogP contribution is 2.24. The standard InChI is InChI=1S/C19H20ClN3O6/c1-28-10-11-29-9-8-21-18(24)15-4-2-3-5-17(15)22-19(25)14-7-6-13(23(26)27)12-16(14)20/h2-7,12H,8-11H2,1H3,(H,21,24)(H,22,25). The molecule has 0 saturated carbocycles. The van der Waals surface area contributed by atoms with E-state index in [2.05, 4.69) is 10.6 Å². The van der Waals surface area contributed by atoms with Crippen molar-refractivity contribution >= 4 is 34.8 Å². The minimum absolute atomic E-state index is 0.0546. The Bertz CT molecular complexity index is 890. The van der Waals surface area contributed by atoms with Crippen LogP contribution in [-0.4, -0.2) is 50.2 Å². The minimum Gasteiger partial charge on any atom is -0.382 e. The first-order chi connectivity index (χ1) is 13.9. The van der Waals surface area contributed by atoms with Gasteiger partial charge in [-0.25, -0.2) is 0 Å². The molecular weight excluding hydrogens is 402 g/mol. The Morgan fingerprint density at radius 2 is 1.83 bits per heavy atom. The van der Waals surface area contributed by atoms with E-state index in [1.165, 1.54) is 12.1 Å². The van der Waals surface area contributed by atoms with Crippen LogP contribution in [0.4, 0.5) is 11.4 Å². The van der Waals surface area contributed by atoms with Crippen molar-refractivity contribution in [2.24, 2.45) is 0 Å². The van der Waals surface area contributed by atoms with Gasteiger partial charge in [0.2, 0.25) is 0 Å². The van der Waals surface area contributed by atoms with Gasteiger partial charge in [0.15, 0.2) is 0 Å². The van der Waals surface area contributed by atoms with Crippen LogP contribution in [0.2, 0.25) is 5.02 Å². The molecule has 0 aliphatic carbocycles. The molecule has 9 nitrogen and oxygen atoms in total. The maximum atomic E-state index is 12.5. The van der Waals surface area contributed by atoms with E-state index in [0.29, 0.717) is 26.4 Å². The lowest BCUT2D eigenvalue weighted by Crippen LogP contribution is -2.28. The normalized spacial score (nSPS) is 10.4. The molecule has 0 aromatic heterocycles. The first-order valence-corrected chi connectivity index (χ1v) is 9.01. The molecule has 2 aromatic carbocycles.